The lowest BCUT2D eigenvalue weighted by atomic mass is 9.96. The van der Waals surface area contributed by atoms with E-state index < -0.39 is 10.0 Å². The average Bonchev–Trinajstić information content (AvgIpc) is 2.93. The van der Waals surface area contributed by atoms with E-state index in [0.717, 1.165) is 19.3 Å². The molecular formula is C13H15Cl2NO2S. The summed E-state index contributed by atoms with van der Waals surface area (Å²) < 4.78 is 27.6. The van der Waals surface area contributed by atoms with Crippen molar-refractivity contribution in [3.63, 3.8) is 0 Å². The van der Waals surface area contributed by atoms with Gasteiger partial charge in [0.25, 0.3) is 0 Å². The summed E-state index contributed by atoms with van der Waals surface area (Å²) in [4.78, 5) is 0.0736. The van der Waals surface area contributed by atoms with Gasteiger partial charge in [-0.25, -0.2) is 13.1 Å². The van der Waals surface area contributed by atoms with E-state index in [1.165, 1.54) is 18.6 Å². The largest absolute Gasteiger partial charge is 0.242 e. The molecule has 2 fully saturated rings. The molecule has 0 unspecified atom stereocenters. The Morgan fingerprint density at radius 3 is 2.58 bits per heavy atom. The van der Waals surface area contributed by atoms with Crippen LogP contribution in [-0.2, 0) is 10.0 Å². The van der Waals surface area contributed by atoms with Gasteiger partial charge < -0.3 is 0 Å². The van der Waals surface area contributed by atoms with Gasteiger partial charge in [-0.1, -0.05) is 29.6 Å². The molecule has 2 aliphatic carbocycles. The fourth-order valence-corrected chi connectivity index (χ4v) is 5.42. The Morgan fingerprint density at radius 2 is 1.95 bits per heavy atom. The van der Waals surface area contributed by atoms with Crippen LogP contribution in [0.15, 0.2) is 23.1 Å². The zero-order valence-electron chi connectivity index (χ0n) is 10.3. The van der Waals surface area contributed by atoms with Gasteiger partial charge in [0, 0.05) is 11.1 Å². The van der Waals surface area contributed by atoms with Crippen LogP contribution in [0.25, 0.3) is 0 Å². The fraction of sp³-hybridized carbons (Fsp3) is 0.538. The fourth-order valence-electron chi connectivity index (χ4n) is 3.33. The molecule has 3 rings (SSSR count). The van der Waals surface area contributed by atoms with E-state index in [9.17, 15) is 8.42 Å². The number of halogens is 2. The van der Waals surface area contributed by atoms with Gasteiger partial charge in [-0.3, -0.25) is 0 Å². The van der Waals surface area contributed by atoms with Crippen LogP contribution in [0.1, 0.15) is 25.7 Å². The third-order valence-electron chi connectivity index (χ3n) is 4.23. The lowest BCUT2D eigenvalue weighted by Crippen LogP contribution is -2.38. The van der Waals surface area contributed by atoms with Gasteiger partial charge in [-0.2, -0.15) is 0 Å². The summed E-state index contributed by atoms with van der Waals surface area (Å²) in [6, 6.07) is 4.55. The van der Waals surface area contributed by atoms with Crippen molar-refractivity contribution in [2.75, 3.05) is 0 Å². The zero-order chi connectivity index (χ0) is 13.6. The summed E-state index contributed by atoms with van der Waals surface area (Å²) >= 11 is 11.8. The summed E-state index contributed by atoms with van der Waals surface area (Å²) in [7, 11) is -3.59. The Bertz CT molecular complexity index is 603. The van der Waals surface area contributed by atoms with E-state index in [1.54, 1.807) is 6.07 Å². The second-order valence-electron chi connectivity index (χ2n) is 5.48. The Morgan fingerprint density at radius 1 is 1.16 bits per heavy atom. The predicted octanol–water partition coefficient (Wildman–Crippen LogP) is 3.46. The summed E-state index contributed by atoms with van der Waals surface area (Å²) in [5, 5.41) is 0.581. The number of hydrogen-bond donors (Lipinski definition) is 1. The Balaban J connectivity index is 1.85. The maximum Gasteiger partial charge on any atom is 0.242 e. The highest BCUT2D eigenvalue weighted by Gasteiger charge is 2.41. The van der Waals surface area contributed by atoms with E-state index in [-0.39, 0.29) is 16.0 Å². The molecule has 0 spiro atoms. The first kappa shape index (κ1) is 13.7. The summed E-state index contributed by atoms with van der Waals surface area (Å²) in [6.07, 6.45) is 4.46. The molecule has 0 aromatic heterocycles. The van der Waals surface area contributed by atoms with Gasteiger partial charge in [-0.05, 0) is 49.3 Å². The quantitative estimate of drug-likeness (QED) is 0.927. The molecule has 1 aromatic rings. The van der Waals surface area contributed by atoms with E-state index in [1.807, 2.05) is 0 Å². The standard InChI is InChI=1S/C13H15Cl2NO2S/c14-10-3-4-11(15)13(7-10)19(17,18)16-12-6-8-1-2-9(12)5-8/h3-4,7-9,12,16H,1-2,5-6H2/t8-,9-,12-/m0/s1. The molecule has 0 amide bonds. The first-order valence-electron chi connectivity index (χ1n) is 6.43. The van der Waals surface area contributed by atoms with Crippen molar-refractivity contribution in [2.24, 2.45) is 11.8 Å². The zero-order valence-corrected chi connectivity index (χ0v) is 12.6. The van der Waals surface area contributed by atoms with Crippen molar-refractivity contribution in [1.29, 1.82) is 0 Å². The Kier molecular flexibility index (Phi) is 3.54. The highest BCUT2D eigenvalue weighted by molar-refractivity contribution is 7.89. The molecule has 0 saturated heterocycles. The van der Waals surface area contributed by atoms with Crippen LogP contribution in [0.4, 0.5) is 0 Å². The lowest BCUT2D eigenvalue weighted by molar-refractivity contribution is 0.390. The van der Waals surface area contributed by atoms with Crippen molar-refractivity contribution in [2.45, 2.75) is 36.6 Å². The molecule has 2 saturated carbocycles. The molecule has 1 N–H and O–H groups in total. The summed E-state index contributed by atoms with van der Waals surface area (Å²) in [5.74, 6) is 1.17. The van der Waals surface area contributed by atoms with Crippen molar-refractivity contribution in [3.05, 3.63) is 28.2 Å². The highest BCUT2D eigenvalue weighted by atomic mass is 35.5. The third kappa shape index (κ3) is 2.64. The smallest absolute Gasteiger partial charge is 0.208 e. The van der Waals surface area contributed by atoms with Crippen LogP contribution < -0.4 is 4.72 Å². The van der Waals surface area contributed by atoms with Gasteiger partial charge in [0.15, 0.2) is 0 Å². The average molecular weight is 320 g/mol. The molecule has 0 heterocycles. The molecule has 3 atom stereocenters. The second kappa shape index (κ2) is 4.92. The van der Waals surface area contributed by atoms with E-state index >= 15 is 0 Å². The summed E-state index contributed by atoms with van der Waals surface area (Å²) in [5.41, 5.74) is 0. The van der Waals surface area contributed by atoms with Crippen LogP contribution >= 0.6 is 23.2 Å². The number of fused-ring (bicyclic) bond motifs is 2. The molecule has 2 bridgehead atoms. The minimum atomic E-state index is -3.59. The monoisotopic (exact) mass is 319 g/mol. The molecule has 0 radical (unpaired) electrons. The van der Waals surface area contributed by atoms with E-state index in [0.29, 0.717) is 16.9 Å². The number of rotatable bonds is 3. The molecule has 6 heteroatoms. The van der Waals surface area contributed by atoms with Crippen LogP contribution in [0.2, 0.25) is 10.0 Å². The van der Waals surface area contributed by atoms with Crippen LogP contribution in [0, 0.1) is 11.8 Å². The van der Waals surface area contributed by atoms with Crippen LogP contribution in [-0.4, -0.2) is 14.5 Å². The van der Waals surface area contributed by atoms with Gasteiger partial charge >= 0.3 is 0 Å². The van der Waals surface area contributed by atoms with E-state index in [2.05, 4.69) is 4.72 Å². The second-order valence-corrected chi connectivity index (χ2v) is 8.00. The molecule has 3 nitrogen and oxygen atoms in total. The molecule has 1 aromatic carbocycles. The van der Waals surface area contributed by atoms with Gasteiger partial charge in [0.1, 0.15) is 4.90 Å². The van der Waals surface area contributed by atoms with Crippen molar-refractivity contribution >= 4 is 33.2 Å². The predicted molar refractivity (Wildman–Crippen MR) is 76.0 cm³/mol. The maximum absolute atomic E-state index is 12.4. The molecule has 0 aliphatic heterocycles. The van der Waals surface area contributed by atoms with Gasteiger partial charge in [-0.15, -0.1) is 0 Å². The maximum atomic E-state index is 12.4. The topological polar surface area (TPSA) is 46.2 Å². The lowest BCUT2D eigenvalue weighted by Gasteiger charge is -2.23. The molecule has 104 valence electrons. The molecule has 2 aliphatic rings. The minimum Gasteiger partial charge on any atom is -0.208 e. The highest BCUT2D eigenvalue weighted by Crippen LogP contribution is 2.45. The Labute approximate surface area is 123 Å². The number of hydrogen-bond acceptors (Lipinski definition) is 2. The minimum absolute atomic E-state index is 0.0544. The number of sulfonamides is 1. The SMILES string of the molecule is O=S(=O)(N[C@H]1C[C@H]2CC[C@H]1C2)c1cc(Cl)ccc1Cl. The van der Waals surface area contributed by atoms with Crippen LogP contribution in [0.3, 0.4) is 0 Å². The molecule has 19 heavy (non-hydrogen) atoms. The summed E-state index contributed by atoms with van der Waals surface area (Å²) in [6.45, 7) is 0. The molecular weight excluding hydrogens is 305 g/mol. The van der Waals surface area contributed by atoms with Gasteiger partial charge in [0.2, 0.25) is 10.0 Å². The number of benzene rings is 1. The Hall–Kier alpha value is -0.290. The van der Waals surface area contributed by atoms with Crippen molar-refractivity contribution < 1.29 is 8.42 Å². The van der Waals surface area contributed by atoms with Gasteiger partial charge in [0.05, 0.1) is 5.02 Å². The first-order valence-corrected chi connectivity index (χ1v) is 8.67. The normalized spacial score (nSPS) is 29.9. The van der Waals surface area contributed by atoms with E-state index in [4.69, 9.17) is 23.2 Å². The van der Waals surface area contributed by atoms with Crippen LogP contribution in [0.5, 0.6) is 0 Å². The van der Waals surface area contributed by atoms with Crippen molar-refractivity contribution in [3.8, 4) is 0 Å². The first-order chi connectivity index (χ1) is 8.95. The van der Waals surface area contributed by atoms with Crippen molar-refractivity contribution in [1.82, 2.24) is 4.72 Å². The number of nitrogens with one attached hydrogen (secondary N) is 1. The third-order valence-corrected chi connectivity index (χ3v) is 6.43.